The molecule has 1 aliphatic rings. The number of hydrogen-bond acceptors (Lipinski definition) is 10. The molecule has 0 spiro atoms. The quantitative estimate of drug-likeness (QED) is 0.179. The minimum atomic E-state index is -0.329. The minimum absolute atomic E-state index is 0.113. The molecule has 1 aliphatic carbocycles. The molecule has 10 nitrogen and oxygen atoms in total. The molecule has 0 aromatic rings. The first-order chi connectivity index (χ1) is 29.8. The summed E-state index contributed by atoms with van der Waals surface area (Å²) < 4.78 is 0. The molecule has 0 aliphatic heterocycles. The molecule has 1 rings (SSSR count). The van der Waals surface area contributed by atoms with Gasteiger partial charge in [-0.1, -0.05) is 207 Å². The first-order valence-electron chi connectivity index (χ1n) is 25.8. The second-order valence-corrected chi connectivity index (χ2v) is 26.8. The molecule has 0 heterocycles. The molecular formula is C58H117N3O7. The number of ketones is 7. The van der Waals surface area contributed by atoms with Crippen molar-refractivity contribution in [1.82, 2.24) is 0 Å². The maximum Gasteiger partial charge on any atom is 0.154 e. The van der Waals surface area contributed by atoms with Crippen molar-refractivity contribution in [2.24, 2.45) is 78.8 Å². The van der Waals surface area contributed by atoms with Crippen molar-refractivity contribution < 1.29 is 33.6 Å². The lowest BCUT2D eigenvalue weighted by Crippen LogP contribution is -2.38. The van der Waals surface area contributed by atoms with Crippen molar-refractivity contribution in [3.8, 4) is 0 Å². The van der Waals surface area contributed by atoms with Gasteiger partial charge in [-0.3, -0.25) is 33.6 Å². The fourth-order valence-electron chi connectivity index (χ4n) is 5.92. The van der Waals surface area contributed by atoms with Gasteiger partial charge in [0.15, 0.2) is 11.6 Å². The Morgan fingerprint density at radius 1 is 0.471 bits per heavy atom. The van der Waals surface area contributed by atoms with E-state index in [0.717, 1.165) is 19.3 Å². The highest BCUT2D eigenvalue weighted by atomic mass is 16.2. The zero-order chi connectivity index (χ0) is 56.4. The Labute approximate surface area is 422 Å². The number of nitrogens with two attached hydrogens (primary N) is 3. The van der Waals surface area contributed by atoms with Crippen molar-refractivity contribution in [2.75, 3.05) is 6.54 Å². The molecule has 0 aromatic heterocycles. The summed E-state index contributed by atoms with van der Waals surface area (Å²) in [5, 5.41) is 0. The molecule has 3 atom stereocenters. The summed E-state index contributed by atoms with van der Waals surface area (Å²) in [5.41, 5.74) is 14.8. The topological polar surface area (TPSA) is 198 Å². The van der Waals surface area contributed by atoms with Crippen LogP contribution in [-0.4, -0.2) is 59.1 Å². The van der Waals surface area contributed by atoms with Gasteiger partial charge in [-0.05, 0) is 44.6 Å². The third kappa shape index (κ3) is 41.4. The van der Waals surface area contributed by atoms with Gasteiger partial charge >= 0.3 is 0 Å². The summed E-state index contributed by atoms with van der Waals surface area (Å²) in [6.45, 7) is 57.1. The van der Waals surface area contributed by atoms with Crippen LogP contribution in [0.15, 0.2) is 0 Å². The predicted octanol–water partition coefficient (Wildman–Crippen LogP) is 13.6. The Bertz CT molecular complexity index is 1430. The molecule has 0 aromatic carbocycles. The highest BCUT2D eigenvalue weighted by Crippen LogP contribution is 2.32. The summed E-state index contributed by atoms with van der Waals surface area (Å²) in [6.07, 6.45) is 7.39. The zero-order valence-corrected chi connectivity index (χ0v) is 50.4. The van der Waals surface area contributed by atoms with Crippen LogP contribution in [0.2, 0.25) is 0 Å². The Hall–Kier alpha value is -2.43. The maximum atomic E-state index is 11.7. The lowest BCUT2D eigenvalue weighted by atomic mass is 9.79. The Balaban J connectivity index is -0.000000165. The fraction of sp³-hybridized carbons (Fsp3) is 0.879. The molecule has 3 unspecified atom stereocenters. The van der Waals surface area contributed by atoms with Crippen molar-refractivity contribution >= 4 is 40.5 Å². The number of carbonyl (C=O) groups is 7. The van der Waals surface area contributed by atoms with Crippen molar-refractivity contribution in [1.29, 1.82) is 0 Å². The van der Waals surface area contributed by atoms with Crippen LogP contribution in [0.4, 0.5) is 0 Å². The summed E-state index contributed by atoms with van der Waals surface area (Å²) in [6, 6.07) is -0.606. The Kier molecular flexibility index (Phi) is 38.6. The molecule has 1 saturated carbocycles. The van der Waals surface area contributed by atoms with E-state index in [0.29, 0.717) is 66.7 Å². The highest BCUT2D eigenvalue weighted by molar-refractivity contribution is 5.89. The Morgan fingerprint density at radius 2 is 0.809 bits per heavy atom. The van der Waals surface area contributed by atoms with Crippen molar-refractivity contribution in [3.63, 3.8) is 0 Å². The average Bonchev–Trinajstić information content (AvgIpc) is 3.69. The van der Waals surface area contributed by atoms with E-state index in [4.69, 9.17) is 17.2 Å². The standard InChI is InChI=1S/C10H18O.C10H20O.C9H18O.C8H17NO.2C7H15NO.C7H14O/c1-10(2,3)9(11)8-6-4-5-7-8;1-7(2)8(3)9(11)10(4,5)6;1-7(2)6-8(10)9(3,4)5;1-5-6(9)7(10)8(2,3)4;1-7(2,3)6(9)4-5-8;1-5(8)6(9)7(2,3)4;1-5-6(8)7(2,3)4/h8H,4-7H2,1-3H3;7-8H,1-6H3;7H,6H2,1-5H3;6H,5,9H2,1-4H3;4-5,8H2,1-3H3;5H,8H2,1-4H3;5H2,1-4H3. The number of Topliss-reactive ketones (excluding diaryl/α,β-unsaturated/α-hetero) is 7. The normalized spacial score (nSPS) is 14.7. The molecule has 10 heteroatoms. The van der Waals surface area contributed by atoms with Crippen LogP contribution in [0.1, 0.15) is 252 Å². The lowest BCUT2D eigenvalue weighted by molar-refractivity contribution is -0.131. The van der Waals surface area contributed by atoms with Crippen LogP contribution in [0.25, 0.3) is 0 Å². The van der Waals surface area contributed by atoms with Crippen LogP contribution in [-0.2, 0) is 33.6 Å². The van der Waals surface area contributed by atoms with Gasteiger partial charge in [0, 0.05) is 69.0 Å². The largest absolute Gasteiger partial charge is 0.330 e. The van der Waals surface area contributed by atoms with Gasteiger partial charge in [0.25, 0.3) is 0 Å². The first-order valence-corrected chi connectivity index (χ1v) is 25.8. The molecular weight excluding hydrogens is 851 g/mol. The molecule has 406 valence electrons. The van der Waals surface area contributed by atoms with Gasteiger partial charge in [0.2, 0.25) is 0 Å². The molecule has 6 N–H and O–H groups in total. The smallest absolute Gasteiger partial charge is 0.154 e. The molecule has 0 saturated heterocycles. The van der Waals surface area contributed by atoms with E-state index in [9.17, 15) is 33.6 Å². The van der Waals surface area contributed by atoms with Crippen LogP contribution >= 0.6 is 0 Å². The third-order valence-corrected chi connectivity index (χ3v) is 11.1. The second-order valence-electron chi connectivity index (χ2n) is 26.8. The molecule has 68 heavy (non-hydrogen) atoms. The van der Waals surface area contributed by atoms with Gasteiger partial charge in [-0.25, -0.2) is 0 Å². The van der Waals surface area contributed by atoms with Crippen LogP contribution in [0, 0.1) is 61.6 Å². The average molecular weight is 969 g/mol. The molecule has 0 amide bonds. The summed E-state index contributed by atoms with van der Waals surface area (Å²) in [7, 11) is 0. The third-order valence-electron chi connectivity index (χ3n) is 11.1. The van der Waals surface area contributed by atoms with E-state index in [2.05, 4.69) is 27.7 Å². The number of carbonyl (C=O) groups excluding carboxylic acids is 7. The van der Waals surface area contributed by atoms with Crippen molar-refractivity contribution in [2.45, 2.75) is 264 Å². The monoisotopic (exact) mass is 968 g/mol. The minimum Gasteiger partial charge on any atom is -0.330 e. The molecule has 0 radical (unpaired) electrons. The van der Waals surface area contributed by atoms with E-state index < -0.39 is 0 Å². The predicted molar refractivity (Wildman–Crippen MR) is 293 cm³/mol. The summed E-state index contributed by atoms with van der Waals surface area (Å²) >= 11 is 0. The second kappa shape index (κ2) is 34.0. The van der Waals surface area contributed by atoms with Gasteiger partial charge in [-0.2, -0.15) is 0 Å². The van der Waals surface area contributed by atoms with Crippen molar-refractivity contribution in [3.05, 3.63) is 0 Å². The SMILES string of the molecule is CC(C)(C)C(=O)C1CCCC1.CC(C)(C)C(=O)CCN.CC(C)C(C)C(=O)C(C)(C)C.CC(C)CC(=O)C(C)(C)C.CC(N)C(=O)C(C)(C)C.CCC(=O)C(C)(C)C.CCC(N)C(=O)C(C)(C)C. The lowest BCUT2D eigenvalue weighted by Gasteiger charge is -2.24. The van der Waals surface area contributed by atoms with Crippen LogP contribution in [0.3, 0.4) is 0 Å². The van der Waals surface area contributed by atoms with Gasteiger partial charge in [0.05, 0.1) is 12.1 Å². The van der Waals surface area contributed by atoms with Crippen LogP contribution < -0.4 is 17.2 Å². The van der Waals surface area contributed by atoms with Gasteiger partial charge in [-0.15, -0.1) is 0 Å². The summed E-state index contributed by atoms with van der Waals surface area (Å²) in [4.78, 5) is 78.7. The molecule has 1 fully saturated rings. The van der Waals surface area contributed by atoms with E-state index in [1.54, 1.807) is 6.92 Å². The van der Waals surface area contributed by atoms with E-state index in [1.165, 1.54) is 12.8 Å². The number of hydrogen-bond donors (Lipinski definition) is 3. The molecule has 0 bridgehead atoms. The zero-order valence-electron chi connectivity index (χ0n) is 50.4. The highest BCUT2D eigenvalue weighted by Gasteiger charge is 2.32. The Morgan fingerprint density at radius 3 is 0.926 bits per heavy atom. The maximum absolute atomic E-state index is 11.7. The fourth-order valence-corrected chi connectivity index (χ4v) is 5.92. The van der Waals surface area contributed by atoms with Crippen LogP contribution in [0.5, 0.6) is 0 Å². The first kappa shape index (κ1) is 77.0. The van der Waals surface area contributed by atoms with Gasteiger partial charge in [0.1, 0.15) is 28.9 Å². The van der Waals surface area contributed by atoms with Gasteiger partial charge < -0.3 is 17.2 Å². The van der Waals surface area contributed by atoms with E-state index in [-0.39, 0.29) is 73.3 Å². The van der Waals surface area contributed by atoms with E-state index in [1.807, 2.05) is 166 Å². The van der Waals surface area contributed by atoms with E-state index >= 15 is 0 Å². The number of rotatable bonds is 11. The summed E-state index contributed by atoms with van der Waals surface area (Å²) in [5.74, 6) is 3.56.